The molecule has 0 aliphatic rings. The Balaban J connectivity index is 2.29. The predicted octanol–water partition coefficient (Wildman–Crippen LogP) is 5.06. The zero-order chi connectivity index (χ0) is 15.2. The van der Waals surface area contributed by atoms with E-state index in [2.05, 4.69) is 13.1 Å². The summed E-state index contributed by atoms with van der Waals surface area (Å²) in [5, 5.41) is 0. The van der Waals surface area contributed by atoms with Gasteiger partial charge >= 0.3 is 0 Å². The fourth-order valence-electron chi connectivity index (χ4n) is 2.12. The molecule has 0 amide bonds. The fourth-order valence-corrected chi connectivity index (χ4v) is 3.42. The van der Waals surface area contributed by atoms with Crippen LogP contribution in [0.25, 0.3) is 0 Å². The number of rotatable bonds is 8. The van der Waals surface area contributed by atoms with Crippen molar-refractivity contribution in [1.82, 2.24) is 0 Å². The molecule has 1 rings (SSSR count). The van der Waals surface area contributed by atoms with Crippen LogP contribution in [0.5, 0.6) is 0 Å². The molecule has 0 aromatic heterocycles. The van der Waals surface area contributed by atoms with Crippen molar-refractivity contribution >= 4 is 8.32 Å². The van der Waals surface area contributed by atoms with Crippen LogP contribution in [0.3, 0.4) is 0 Å². The third-order valence-electron chi connectivity index (χ3n) is 3.61. The molecule has 0 unspecified atom stereocenters. The van der Waals surface area contributed by atoms with E-state index in [1.807, 2.05) is 0 Å². The molecule has 0 saturated heterocycles. The van der Waals surface area contributed by atoms with Gasteiger partial charge in [0.05, 0.1) is 0 Å². The minimum Gasteiger partial charge on any atom is -0.420 e. The lowest BCUT2D eigenvalue weighted by Gasteiger charge is -2.19. The van der Waals surface area contributed by atoms with E-state index in [4.69, 9.17) is 4.43 Å². The van der Waals surface area contributed by atoms with Gasteiger partial charge in [-0.2, -0.15) is 0 Å². The third kappa shape index (κ3) is 5.67. The highest BCUT2D eigenvalue weighted by Crippen LogP contribution is 2.19. The number of benzene rings is 1. The van der Waals surface area contributed by atoms with Crippen molar-refractivity contribution in [3.8, 4) is 0 Å². The van der Waals surface area contributed by atoms with Crippen molar-refractivity contribution < 1.29 is 17.6 Å². The minimum atomic E-state index is -1.49. The van der Waals surface area contributed by atoms with Crippen molar-refractivity contribution in [2.24, 2.45) is 0 Å². The van der Waals surface area contributed by atoms with E-state index in [1.165, 1.54) is 0 Å². The molecule has 1 aromatic rings. The first-order chi connectivity index (χ1) is 9.35. The third-order valence-corrected chi connectivity index (χ3v) is 6.28. The van der Waals surface area contributed by atoms with Crippen molar-refractivity contribution in [3.05, 3.63) is 35.1 Å². The summed E-state index contributed by atoms with van der Waals surface area (Å²) in [6, 6.07) is 2.58. The summed E-state index contributed by atoms with van der Waals surface area (Å²) in [5.41, 5.74) is -0.00186. The molecule has 0 radical (unpaired) electrons. The average Bonchev–Trinajstić information content (AvgIpc) is 2.35. The Hall–Kier alpha value is -0.813. The maximum absolute atomic E-state index is 13.4. The Kier molecular flexibility index (Phi) is 6.75. The lowest BCUT2D eigenvalue weighted by atomic mass is 10.1. The molecule has 114 valence electrons. The van der Waals surface area contributed by atoms with Crippen LogP contribution in [0.1, 0.15) is 31.2 Å². The first-order valence-electron chi connectivity index (χ1n) is 7.04. The summed E-state index contributed by atoms with van der Waals surface area (Å²) >= 11 is 0. The molecule has 0 N–H and O–H groups in total. The average molecular weight is 304 g/mol. The Morgan fingerprint density at radius 3 is 2.05 bits per heavy atom. The summed E-state index contributed by atoms with van der Waals surface area (Å²) in [5.74, 6) is -2.43. The van der Waals surface area contributed by atoms with Crippen LogP contribution in [0, 0.1) is 17.5 Å². The highest BCUT2D eigenvalue weighted by atomic mass is 28.4. The van der Waals surface area contributed by atoms with Gasteiger partial charge in [-0.15, -0.1) is 0 Å². The van der Waals surface area contributed by atoms with Gasteiger partial charge in [0, 0.05) is 24.8 Å². The Morgan fingerprint density at radius 1 is 0.950 bits per heavy atom. The zero-order valence-electron chi connectivity index (χ0n) is 12.4. The molecule has 5 heteroatoms. The van der Waals surface area contributed by atoms with Crippen molar-refractivity contribution in [2.45, 2.75) is 51.2 Å². The Bertz CT molecular complexity index is 412. The molecule has 0 aliphatic heterocycles. The molecule has 0 aliphatic carbocycles. The largest absolute Gasteiger partial charge is 0.420 e. The maximum atomic E-state index is 13.4. The smallest absolute Gasteiger partial charge is 0.186 e. The van der Waals surface area contributed by atoms with E-state index < -0.39 is 25.8 Å². The summed E-state index contributed by atoms with van der Waals surface area (Å²) < 4.78 is 45.0. The predicted molar refractivity (Wildman–Crippen MR) is 77.8 cm³/mol. The minimum absolute atomic E-state index is 0.00186. The SMILES string of the molecule is CO[Si](C)(C)CCCCCCc1c(F)cc(F)cc1F. The number of hydrogen-bond donors (Lipinski definition) is 0. The van der Waals surface area contributed by atoms with Crippen LogP contribution in [-0.2, 0) is 10.8 Å². The maximum Gasteiger partial charge on any atom is 0.186 e. The fraction of sp³-hybridized carbons (Fsp3) is 0.600. The van der Waals surface area contributed by atoms with Gasteiger partial charge in [-0.3, -0.25) is 0 Å². The zero-order valence-corrected chi connectivity index (χ0v) is 13.4. The van der Waals surface area contributed by atoms with E-state index in [9.17, 15) is 13.2 Å². The van der Waals surface area contributed by atoms with Gasteiger partial charge in [0.1, 0.15) is 17.5 Å². The van der Waals surface area contributed by atoms with E-state index in [-0.39, 0.29) is 5.56 Å². The van der Waals surface area contributed by atoms with E-state index in [1.54, 1.807) is 7.11 Å². The van der Waals surface area contributed by atoms with Gasteiger partial charge in [0.2, 0.25) is 0 Å². The van der Waals surface area contributed by atoms with Crippen LogP contribution < -0.4 is 0 Å². The van der Waals surface area contributed by atoms with E-state index in [0.29, 0.717) is 12.8 Å². The molecule has 0 saturated carbocycles. The van der Waals surface area contributed by atoms with Crippen LogP contribution in [0.15, 0.2) is 12.1 Å². The van der Waals surface area contributed by atoms with Gasteiger partial charge < -0.3 is 4.43 Å². The highest BCUT2D eigenvalue weighted by Gasteiger charge is 2.19. The molecule has 1 aromatic carbocycles. The van der Waals surface area contributed by atoms with Gasteiger partial charge in [-0.25, -0.2) is 13.2 Å². The van der Waals surface area contributed by atoms with Crippen LogP contribution in [0.2, 0.25) is 19.1 Å². The summed E-state index contributed by atoms with van der Waals surface area (Å²) in [6.45, 7) is 4.35. The second kappa shape index (κ2) is 7.83. The monoisotopic (exact) mass is 304 g/mol. The van der Waals surface area contributed by atoms with Crippen LogP contribution in [0.4, 0.5) is 13.2 Å². The molecule has 0 heterocycles. The number of halogens is 3. The molecule has 20 heavy (non-hydrogen) atoms. The number of unbranched alkanes of at least 4 members (excludes halogenated alkanes) is 3. The van der Waals surface area contributed by atoms with Gasteiger partial charge in [-0.05, 0) is 32.0 Å². The Labute approximate surface area is 120 Å². The van der Waals surface area contributed by atoms with Gasteiger partial charge in [-0.1, -0.05) is 19.3 Å². The Morgan fingerprint density at radius 2 is 1.50 bits per heavy atom. The standard InChI is InChI=1S/C15H23F3OSi/c1-19-20(2,3)9-7-5-4-6-8-13-14(17)10-12(16)11-15(13)18/h10-11H,4-9H2,1-3H3. The van der Waals surface area contributed by atoms with Crippen LogP contribution >= 0.6 is 0 Å². The quantitative estimate of drug-likeness (QED) is 0.482. The van der Waals surface area contributed by atoms with Crippen molar-refractivity contribution in [3.63, 3.8) is 0 Å². The molecule has 1 nitrogen and oxygen atoms in total. The molecular formula is C15H23F3OSi. The molecule has 0 spiro atoms. The van der Waals surface area contributed by atoms with Gasteiger partial charge in [0.15, 0.2) is 8.32 Å². The topological polar surface area (TPSA) is 9.23 Å². The summed E-state index contributed by atoms with van der Waals surface area (Å²) in [6.07, 6.45) is 4.08. The normalized spacial score (nSPS) is 11.9. The lowest BCUT2D eigenvalue weighted by molar-refractivity contribution is 0.401. The summed E-state index contributed by atoms with van der Waals surface area (Å²) in [7, 11) is 0.269. The van der Waals surface area contributed by atoms with Gasteiger partial charge in [0.25, 0.3) is 0 Å². The first-order valence-corrected chi connectivity index (χ1v) is 10.2. The molecular weight excluding hydrogens is 281 g/mol. The molecule has 0 atom stereocenters. The van der Waals surface area contributed by atoms with E-state index in [0.717, 1.165) is 37.4 Å². The first kappa shape index (κ1) is 17.2. The number of hydrogen-bond acceptors (Lipinski definition) is 1. The second-order valence-corrected chi connectivity index (χ2v) is 10.2. The van der Waals surface area contributed by atoms with Crippen LogP contribution in [-0.4, -0.2) is 15.4 Å². The second-order valence-electron chi connectivity index (χ2n) is 5.73. The summed E-state index contributed by atoms with van der Waals surface area (Å²) in [4.78, 5) is 0. The van der Waals surface area contributed by atoms with Crippen molar-refractivity contribution in [1.29, 1.82) is 0 Å². The van der Waals surface area contributed by atoms with Crippen molar-refractivity contribution in [2.75, 3.05) is 7.11 Å². The molecule has 0 fully saturated rings. The van der Waals surface area contributed by atoms with E-state index >= 15 is 0 Å². The highest BCUT2D eigenvalue weighted by molar-refractivity contribution is 6.71. The lowest BCUT2D eigenvalue weighted by Crippen LogP contribution is -2.27. The molecule has 0 bridgehead atoms.